The fourth-order valence-electron chi connectivity index (χ4n) is 3.28. The standard InChI is InChI=1S/C19H23Cl2NO5S/c1-13-2-4-17(27-13)10-22(15-6-7-28(24,25)12-15)9-16(23)11-26-19-5-3-14(20)8-18(19)21/h2-5,8,15-16,23H,6-7,9-12H2,1H3. The molecule has 1 saturated heterocycles. The van der Waals surface area contributed by atoms with E-state index in [1.807, 2.05) is 24.0 Å². The summed E-state index contributed by atoms with van der Waals surface area (Å²) in [5, 5.41) is 11.3. The number of hydrogen-bond acceptors (Lipinski definition) is 6. The van der Waals surface area contributed by atoms with Gasteiger partial charge in [0.25, 0.3) is 0 Å². The van der Waals surface area contributed by atoms with Crippen LogP contribution in [0.2, 0.25) is 10.0 Å². The summed E-state index contributed by atoms with van der Waals surface area (Å²) in [6.07, 6.45) is -0.287. The lowest BCUT2D eigenvalue weighted by atomic mass is 10.2. The second kappa shape index (κ2) is 9.05. The minimum absolute atomic E-state index is 0.0223. The summed E-state index contributed by atoms with van der Waals surface area (Å²) >= 11 is 12.0. The van der Waals surface area contributed by atoms with Crippen molar-refractivity contribution in [3.63, 3.8) is 0 Å². The molecule has 154 valence electrons. The first kappa shape index (κ1) is 21.5. The highest BCUT2D eigenvalue weighted by molar-refractivity contribution is 7.91. The van der Waals surface area contributed by atoms with Crippen LogP contribution in [0, 0.1) is 6.92 Å². The Balaban J connectivity index is 1.64. The quantitative estimate of drug-likeness (QED) is 0.668. The third-order valence-electron chi connectivity index (χ3n) is 4.65. The van der Waals surface area contributed by atoms with Crippen molar-refractivity contribution in [2.24, 2.45) is 0 Å². The Labute approximate surface area is 174 Å². The molecule has 2 aromatic rings. The van der Waals surface area contributed by atoms with Crippen molar-refractivity contribution in [1.82, 2.24) is 4.90 Å². The largest absolute Gasteiger partial charge is 0.489 e. The number of sulfone groups is 1. The molecule has 6 nitrogen and oxygen atoms in total. The van der Waals surface area contributed by atoms with Crippen molar-refractivity contribution in [2.45, 2.75) is 32.0 Å². The summed E-state index contributed by atoms with van der Waals surface area (Å²) in [5.74, 6) is 2.20. The van der Waals surface area contributed by atoms with Gasteiger partial charge in [0.1, 0.15) is 30.0 Å². The van der Waals surface area contributed by atoms with Crippen LogP contribution in [0.3, 0.4) is 0 Å². The lowest BCUT2D eigenvalue weighted by molar-refractivity contribution is 0.0496. The van der Waals surface area contributed by atoms with E-state index in [0.717, 1.165) is 11.5 Å². The van der Waals surface area contributed by atoms with Crippen molar-refractivity contribution >= 4 is 33.0 Å². The average molecular weight is 448 g/mol. The zero-order chi connectivity index (χ0) is 20.3. The zero-order valence-electron chi connectivity index (χ0n) is 15.5. The van der Waals surface area contributed by atoms with Gasteiger partial charge < -0.3 is 14.3 Å². The average Bonchev–Trinajstić information content (AvgIpc) is 3.18. The lowest BCUT2D eigenvalue weighted by Crippen LogP contribution is -2.42. The molecule has 9 heteroatoms. The van der Waals surface area contributed by atoms with Gasteiger partial charge in [-0.25, -0.2) is 8.42 Å². The Hall–Kier alpha value is -1.25. The number of halogens is 2. The number of aliphatic hydroxyl groups is 1. The number of aryl methyl sites for hydroxylation is 1. The van der Waals surface area contributed by atoms with Gasteiger partial charge in [-0.3, -0.25) is 4.90 Å². The van der Waals surface area contributed by atoms with Gasteiger partial charge in [-0.05, 0) is 43.7 Å². The third kappa shape index (κ3) is 5.87. The summed E-state index contributed by atoms with van der Waals surface area (Å²) in [4.78, 5) is 1.94. The normalized spacial score (nSPS) is 19.8. The maximum atomic E-state index is 11.9. The fourth-order valence-corrected chi connectivity index (χ4v) is 5.50. The van der Waals surface area contributed by atoms with Crippen molar-refractivity contribution in [1.29, 1.82) is 0 Å². The number of rotatable bonds is 8. The van der Waals surface area contributed by atoms with Crippen LogP contribution in [0.1, 0.15) is 17.9 Å². The summed E-state index contributed by atoms with van der Waals surface area (Å²) in [5.41, 5.74) is 0. The van der Waals surface area contributed by atoms with Crippen LogP contribution in [0.4, 0.5) is 0 Å². The highest BCUT2D eigenvalue weighted by atomic mass is 35.5. The Morgan fingerprint density at radius 1 is 1.32 bits per heavy atom. The van der Waals surface area contributed by atoms with Crippen molar-refractivity contribution < 1.29 is 22.7 Å². The highest BCUT2D eigenvalue weighted by Gasteiger charge is 2.33. The number of nitrogens with zero attached hydrogens (tertiary/aromatic N) is 1. The van der Waals surface area contributed by atoms with Crippen molar-refractivity contribution in [3.8, 4) is 5.75 Å². The van der Waals surface area contributed by atoms with E-state index in [-0.39, 0.29) is 30.7 Å². The van der Waals surface area contributed by atoms with Crippen molar-refractivity contribution in [3.05, 3.63) is 51.9 Å². The molecule has 1 fully saturated rings. The molecule has 2 unspecified atom stereocenters. The van der Waals surface area contributed by atoms with Gasteiger partial charge in [0, 0.05) is 17.6 Å². The highest BCUT2D eigenvalue weighted by Crippen LogP contribution is 2.28. The van der Waals surface area contributed by atoms with Crippen molar-refractivity contribution in [2.75, 3.05) is 24.7 Å². The molecule has 1 N–H and O–H groups in total. The van der Waals surface area contributed by atoms with Gasteiger partial charge in [-0.15, -0.1) is 0 Å². The molecule has 0 aliphatic carbocycles. The zero-order valence-corrected chi connectivity index (χ0v) is 17.8. The van der Waals surface area contributed by atoms with Gasteiger partial charge in [0.05, 0.1) is 23.1 Å². The predicted molar refractivity (Wildman–Crippen MR) is 109 cm³/mol. The second-order valence-electron chi connectivity index (χ2n) is 7.04. The molecule has 0 bridgehead atoms. The number of benzene rings is 1. The third-order valence-corrected chi connectivity index (χ3v) is 6.93. The first-order valence-electron chi connectivity index (χ1n) is 8.97. The van der Waals surface area contributed by atoms with Crippen LogP contribution in [0.15, 0.2) is 34.7 Å². The van der Waals surface area contributed by atoms with E-state index in [1.165, 1.54) is 0 Å². The summed E-state index contributed by atoms with van der Waals surface area (Å²) in [6, 6.07) is 8.43. The monoisotopic (exact) mass is 447 g/mol. The molecule has 0 amide bonds. The summed E-state index contributed by atoms with van der Waals surface area (Å²) in [6.45, 7) is 2.55. The Morgan fingerprint density at radius 3 is 2.71 bits per heavy atom. The lowest BCUT2D eigenvalue weighted by Gasteiger charge is -2.29. The fraction of sp³-hybridized carbons (Fsp3) is 0.474. The number of hydrogen-bond donors (Lipinski definition) is 1. The van der Waals surface area contributed by atoms with E-state index < -0.39 is 15.9 Å². The smallest absolute Gasteiger partial charge is 0.151 e. The minimum Gasteiger partial charge on any atom is -0.489 e. The molecule has 0 saturated carbocycles. The molecule has 2 heterocycles. The topological polar surface area (TPSA) is 80.0 Å². The Bertz CT molecular complexity index is 915. The molecule has 0 radical (unpaired) electrons. The van der Waals surface area contributed by atoms with Crippen LogP contribution in [-0.4, -0.2) is 55.2 Å². The molecule has 2 atom stereocenters. The molecular weight excluding hydrogens is 425 g/mol. The van der Waals surface area contributed by atoms with Crippen LogP contribution >= 0.6 is 23.2 Å². The van der Waals surface area contributed by atoms with E-state index in [9.17, 15) is 13.5 Å². The molecule has 1 aliphatic rings. The molecule has 3 rings (SSSR count). The molecular formula is C19H23Cl2NO5S. The first-order chi connectivity index (χ1) is 13.2. The van der Waals surface area contributed by atoms with E-state index in [2.05, 4.69) is 0 Å². The first-order valence-corrected chi connectivity index (χ1v) is 11.6. The second-order valence-corrected chi connectivity index (χ2v) is 10.1. The predicted octanol–water partition coefficient (Wildman–Crippen LogP) is 3.32. The maximum Gasteiger partial charge on any atom is 0.151 e. The SMILES string of the molecule is Cc1ccc(CN(CC(O)COc2ccc(Cl)cc2Cl)C2CCS(=O)(=O)C2)o1. The van der Waals surface area contributed by atoms with E-state index in [0.29, 0.717) is 28.8 Å². The van der Waals surface area contributed by atoms with E-state index >= 15 is 0 Å². The van der Waals surface area contributed by atoms with Crippen LogP contribution in [0.25, 0.3) is 0 Å². The molecule has 28 heavy (non-hydrogen) atoms. The van der Waals surface area contributed by atoms with Gasteiger partial charge in [-0.2, -0.15) is 0 Å². The van der Waals surface area contributed by atoms with Gasteiger partial charge in [0.15, 0.2) is 9.84 Å². The summed E-state index contributed by atoms with van der Waals surface area (Å²) < 4.78 is 35.0. The summed E-state index contributed by atoms with van der Waals surface area (Å²) in [7, 11) is -3.04. The van der Waals surface area contributed by atoms with Gasteiger partial charge in [0.2, 0.25) is 0 Å². The van der Waals surface area contributed by atoms with Crippen LogP contribution in [-0.2, 0) is 16.4 Å². The molecule has 1 aromatic heterocycles. The van der Waals surface area contributed by atoms with E-state index in [1.54, 1.807) is 18.2 Å². The Morgan fingerprint density at radius 2 is 2.11 bits per heavy atom. The molecule has 0 spiro atoms. The van der Waals surface area contributed by atoms with Gasteiger partial charge >= 0.3 is 0 Å². The number of ether oxygens (including phenoxy) is 1. The Kier molecular flexibility index (Phi) is 6.94. The minimum atomic E-state index is -3.04. The number of aliphatic hydroxyl groups excluding tert-OH is 1. The van der Waals surface area contributed by atoms with Gasteiger partial charge in [-0.1, -0.05) is 23.2 Å². The molecule has 1 aromatic carbocycles. The maximum absolute atomic E-state index is 11.9. The molecule has 1 aliphatic heterocycles. The number of furan rings is 1. The van der Waals surface area contributed by atoms with Crippen LogP contribution in [0.5, 0.6) is 5.75 Å². The van der Waals surface area contributed by atoms with Crippen LogP contribution < -0.4 is 4.74 Å². The van der Waals surface area contributed by atoms with E-state index in [4.69, 9.17) is 32.4 Å².